The summed E-state index contributed by atoms with van der Waals surface area (Å²) in [6.07, 6.45) is 4.90. The van der Waals surface area contributed by atoms with Crippen molar-refractivity contribution in [2.75, 3.05) is 13.7 Å². The molecule has 1 aromatic carbocycles. The van der Waals surface area contributed by atoms with Gasteiger partial charge in [0.1, 0.15) is 24.2 Å². The average Bonchev–Trinajstić information content (AvgIpc) is 2.71. The number of amides is 3. The van der Waals surface area contributed by atoms with Gasteiger partial charge in [-0.15, -0.1) is 0 Å². The molecule has 33 heavy (non-hydrogen) atoms. The first-order chi connectivity index (χ1) is 15.3. The van der Waals surface area contributed by atoms with Gasteiger partial charge in [-0.1, -0.05) is 50.1 Å². The molecule has 0 aliphatic heterocycles. The van der Waals surface area contributed by atoms with Crippen LogP contribution in [0.5, 0.6) is 0 Å². The monoisotopic (exact) mass is 459 g/mol. The number of carbonyl (C=O) groups excluding carboxylic acids is 4. The first-order valence-corrected chi connectivity index (χ1v) is 10.5. The van der Waals surface area contributed by atoms with Crippen LogP contribution in [-0.2, 0) is 23.9 Å². The number of hydrogen-bond acceptors (Lipinski definition) is 6. The summed E-state index contributed by atoms with van der Waals surface area (Å²) < 4.78 is 9.82. The summed E-state index contributed by atoms with van der Waals surface area (Å²) in [4.78, 5) is 51.3. The fraction of sp³-hybridized carbons (Fsp3) is 0.500. The molecule has 0 fully saturated rings. The van der Waals surface area contributed by atoms with Gasteiger partial charge in [0.25, 0.3) is 5.91 Å². The molecule has 2 unspecified atom stereocenters. The maximum absolute atomic E-state index is 13.5. The highest BCUT2D eigenvalue weighted by Gasteiger charge is 2.37. The molecule has 0 bridgehead atoms. The molecular formula is C24H33N3O6. The Morgan fingerprint density at radius 2 is 1.82 bits per heavy atom. The van der Waals surface area contributed by atoms with E-state index in [1.54, 1.807) is 52.8 Å². The van der Waals surface area contributed by atoms with Crippen molar-refractivity contribution >= 4 is 23.9 Å². The molecule has 2 N–H and O–H groups in total. The molecular weight excluding hydrogens is 426 g/mol. The number of methoxy groups -OCH3 is 1. The normalized spacial score (nSPS) is 12.7. The summed E-state index contributed by atoms with van der Waals surface area (Å²) >= 11 is 0. The van der Waals surface area contributed by atoms with Crippen molar-refractivity contribution in [2.45, 2.75) is 59.2 Å². The van der Waals surface area contributed by atoms with Crippen LogP contribution in [-0.4, -0.2) is 54.1 Å². The zero-order valence-corrected chi connectivity index (χ0v) is 20.2. The zero-order chi connectivity index (χ0) is 25.3. The molecule has 0 saturated heterocycles. The molecule has 9 heteroatoms. The first kappa shape index (κ1) is 27.5. The Morgan fingerprint density at radius 3 is 2.30 bits per heavy atom. The number of nitrogens with zero attached hydrogens (tertiary/aromatic N) is 1. The molecule has 1 rings (SSSR count). The molecule has 0 aliphatic rings. The van der Waals surface area contributed by atoms with Gasteiger partial charge in [-0.3, -0.25) is 19.3 Å². The summed E-state index contributed by atoms with van der Waals surface area (Å²) in [6, 6.07) is 6.89. The van der Waals surface area contributed by atoms with Crippen molar-refractivity contribution in [1.29, 1.82) is 0 Å². The molecule has 2 atom stereocenters. The maximum Gasteiger partial charge on any atom is 0.408 e. The predicted molar refractivity (Wildman–Crippen MR) is 123 cm³/mol. The van der Waals surface area contributed by atoms with Crippen LogP contribution in [0.15, 0.2) is 24.3 Å². The lowest BCUT2D eigenvalue weighted by atomic mass is 9.98. The van der Waals surface area contributed by atoms with Crippen molar-refractivity contribution in [2.24, 2.45) is 5.92 Å². The van der Waals surface area contributed by atoms with Gasteiger partial charge in [-0.05, 0) is 39.2 Å². The Hall–Kier alpha value is -3.54. The van der Waals surface area contributed by atoms with Gasteiger partial charge >= 0.3 is 12.1 Å². The molecule has 0 aliphatic carbocycles. The van der Waals surface area contributed by atoms with Crippen molar-refractivity contribution in [3.8, 4) is 12.5 Å². The van der Waals surface area contributed by atoms with E-state index in [-0.39, 0.29) is 5.92 Å². The van der Waals surface area contributed by atoms with E-state index in [1.807, 2.05) is 13.0 Å². The van der Waals surface area contributed by atoms with Crippen molar-refractivity contribution < 1.29 is 28.7 Å². The van der Waals surface area contributed by atoms with Gasteiger partial charge in [0, 0.05) is 6.04 Å². The van der Waals surface area contributed by atoms with E-state index in [4.69, 9.17) is 11.2 Å². The highest BCUT2D eigenvalue weighted by molar-refractivity contribution is 5.94. The molecule has 0 saturated carbocycles. The number of terminal acetylenes is 1. The van der Waals surface area contributed by atoms with Crippen LogP contribution < -0.4 is 10.6 Å². The second-order valence-corrected chi connectivity index (χ2v) is 8.82. The molecule has 180 valence electrons. The Labute approximate surface area is 195 Å². The minimum Gasteiger partial charge on any atom is -0.468 e. The standard InChI is InChI=1S/C24H33N3O6/c1-9-27(22(30)19(15(2)3)26-23(31)33-24(5,6)7)20(17-12-10-11-16(4)13-17)21(29)25-14-18(28)32-8/h1,10-13,15,19-20H,14H2,2-8H3,(H,25,29)(H,26,31). The third kappa shape index (κ3) is 8.48. The van der Waals surface area contributed by atoms with E-state index in [9.17, 15) is 19.2 Å². The van der Waals surface area contributed by atoms with Crippen LogP contribution in [0.25, 0.3) is 0 Å². The third-order valence-corrected chi connectivity index (χ3v) is 4.48. The smallest absolute Gasteiger partial charge is 0.408 e. The molecule has 9 nitrogen and oxygen atoms in total. The summed E-state index contributed by atoms with van der Waals surface area (Å²) in [5.74, 6) is -2.36. The fourth-order valence-electron chi connectivity index (χ4n) is 2.95. The molecule has 0 spiro atoms. The second kappa shape index (κ2) is 11.9. The number of alkyl carbamates (subject to hydrolysis) is 1. The predicted octanol–water partition coefficient (Wildman–Crippen LogP) is 2.29. The van der Waals surface area contributed by atoms with E-state index in [1.165, 1.54) is 7.11 Å². The van der Waals surface area contributed by atoms with Crippen molar-refractivity contribution in [1.82, 2.24) is 15.5 Å². The van der Waals surface area contributed by atoms with Gasteiger partial charge < -0.3 is 20.1 Å². The summed E-state index contributed by atoms with van der Waals surface area (Å²) in [6.45, 7) is 10.00. The van der Waals surface area contributed by atoms with Gasteiger partial charge in [0.15, 0.2) is 0 Å². The summed E-state index contributed by atoms with van der Waals surface area (Å²) in [5.41, 5.74) is 0.525. The van der Waals surface area contributed by atoms with Gasteiger partial charge in [0.2, 0.25) is 5.91 Å². The quantitative estimate of drug-likeness (QED) is 0.350. The lowest BCUT2D eigenvalue weighted by Gasteiger charge is -2.31. The van der Waals surface area contributed by atoms with Crippen LogP contribution in [0.2, 0.25) is 0 Å². The minimum absolute atomic E-state index is 0.364. The molecule has 1 aromatic rings. The van der Waals surface area contributed by atoms with Gasteiger partial charge in [-0.25, -0.2) is 4.79 Å². The Balaban J connectivity index is 3.33. The molecule has 0 radical (unpaired) electrons. The second-order valence-electron chi connectivity index (χ2n) is 8.82. The topological polar surface area (TPSA) is 114 Å². The average molecular weight is 460 g/mol. The van der Waals surface area contributed by atoms with Gasteiger partial charge in [0.05, 0.1) is 7.11 Å². The van der Waals surface area contributed by atoms with E-state index in [2.05, 4.69) is 21.4 Å². The Morgan fingerprint density at radius 1 is 1.18 bits per heavy atom. The zero-order valence-electron chi connectivity index (χ0n) is 20.2. The largest absolute Gasteiger partial charge is 0.468 e. The van der Waals surface area contributed by atoms with E-state index < -0.39 is 48.1 Å². The Kier molecular flexibility index (Phi) is 9.92. The van der Waals surface area contributed by atoms with Crippen LogP contribution in [0.1, 0.15) is 51.8 Å². The minimum atomic E-state index is -1.24. The van der Waals surface area contributed by atoms with Crippen molar-refractivity contribution in [3.63, 3.8) is 0 Å². The van der Waals surface area contributed by atoms with Crippen molar-refractivity contribution in [3.05, 3.63) is 35.4 Å². The number of ether oxygens (including phenoxy) is 2. The highest BCUT2D eigenvalue weighted by Crippen LogP contribution is 2.24. The number of nitrogens with one attached hydrogen (secondary N) is 2. The van der Waals surface area contributed by atoms with Crippen LogP contribution >= 0.6 is 0 Å². The highest BCUT2D eigenvalue weighted by atomic mass is 16.6. The number of aryl methyl sites for hydroxylation is 1. The first-order valence-electron chi connectivity index (χ1n) is 10.5. The number of hydrogen-bond donors (Lipinski definition) is 2. The molecule has 0 heterocycles. The lowest BCUT2D eigenvalue weighted by Crippen LogP contribution is -2.53. The van der Waals surface area contributed by atoms with Gasteiger partial charge in [-0.2, -0.15) is 0 Å². The summed E-state index contributed by atoms with van der Waals surface area (Å²) in [5, 5.41) is 5.00. The number of benzene rings is 1. The molecule has 3 amide bonds. The number of esters is 1. The summed E-state index contributed by atoms with van der Waals surface area (Å²) in [7, 11) is 1.19. The maximum atomic E-state index is 13.5. The van der Waals surface area contributed by atoms with Crippen LogP contribution in [0.3, 0.4) is 0 Å². The van der Waals surface area contributed by atoms with E-state index in [0.717, 1.165) is 10.5 Å². The number of rotatable bonds is 8. The van der Waals surface area contributed by atoms with Crippen LogP contribution in [0.4, 0.5) is 4.79 Å². The fourth-order valence-corrected chi connectivity index (χ4v) is 2.95. The third-order valence-electron chi connectivity index (χ3n) is 4.48. The lowest BCUT2D eigenvalue weighted by molar-refractivity contribution is -0.143. The SMILES string of the molecule is C#CN(C(=O)C(NC(=O)OC(C)(C)C)C(C)C)C(C(=O)NCC(=O)OC)c1cccc(C)c1. The molecule has 0 aromatic heterocycles. The number of carbonyl (C=O) groups is 4. The van der Waals surface area contributed by atoms with E-state index in [0.29, 0.717) is 5.56 Å². The van der Waals surface area contributed by atoms with Crippen LogP contribution in [0, 0.1) is 25.3 Å². The van der Waals surface area contributed by atoms with E-state index >= 15 is 0 Å². The Bertz CT molecular complexity index is 914.